The van der Waals surface area contributed by atoms with Crippen LogP contribution < -0.4 is 5.32 Å². The van der Waals surface area contributed by atoms with Crippen molar-refractivity contribution in [2.75, 3.05) is 13.1 Å². The van der Waals surface area contributed by atoms with E-state index in [2.05, 4.69) is 22.3 Å². The molecule has 4 heteroatoms. The Hall–Kier alpha value is -1.65. The first-order valence-electron chi connectivity index (χ1n) is 8.15. The number of carbonyl (C=O) groups is 1. The molecular formula is C18H24N2O2. The number of likely N-dealkylation sites (tertiary alicyclic amines) is 1. The molecule has 0 bridgehead atoms. The predicted octanol–water partition coefficient (Wildman–Crippen LogP) is 1.85. The number of benzene rings is 1. The summed E-state index contributed by atoms with van der Waals surface area (Å²) in [6, 6.07) is 10.5. The standard InChI is InChI=1S/C18H24N2O2/c21-17-10-16(11-19-18(22)15-8-4-5-9-15)20(13-17)12-14-6-2-1-3-7-14/h1-3,6-8,16-17,21H,4-5,9-13H2,(H,19,22)/t16-,17-/m0/s1. The van der Waals surface area contributed by atoms with Crippen molar-refractivity contribution in [3.05, 3.63) is 47.5 Å². The Balaban J connectivity index is 1.55. The number of β-amino-alcohol motifs (C(OH)–C–C–N with tert-alkyl or cyclic N) is 1. The first-order chi connectivity index (χ1) is 10.7. The van der Waals surface area contributed by atoms with Gasteiger partial charge in [-0.05, 0) is 31.2 Å². The van der Waals surface area contributed by atoms with Gasteiger partial charge in [0.2, 0.25) is 5.91 Å². The first kappa shape index (κ1) is 15.3. The molecule has 118 valence electrons. The predicted molar refractivity (Wildman–Crippen MR) is 86.2 cm³/mol. The maximum absolute atomic E-state index is 12.1. The molecule has 1 saturated heterocycles. The van der Waals surface area contributed by atoms with E-state index in [1.165, 1.54) is 5.56 Å². The molecule has 1 heterocycles. The van der Waals surface area contributed by atoms with Crippen LogP contribution >= 0.6 is 0 Å². The average Bonchev–Trinajstić information content (AvgIpc) is 3.16. The summed E-state index contributed by atoms with van der Waals surface area (Å²) in [5.41, 5.74) is 2.17. The Labute approximate surface area is 131 Å². The van der Waals surface area contributed by atoms with E-state index in [1.807, 2.05) is 24.3 Å². The Morgan fingerprint density at radius 2 is 2.14 bits per heavy atom. The number of aliphatic hydroxyl groups is 1. The molecule has 0 radical (unpaired) electrons. The average molecular weight is 300 g/mol. The highest BCUT2D eigenvalue weighted by atomic mass is 16.3. The number of allylic oxidation sites excluding steroid dienone is 1. The van der Waals surface area contributed by atoms with Gasteiger partial charge < -0.3 is 10.4 Å². The fourth-order valence-corrected chi connectivity index (χ4v) is 3.38. The Kier molecular flexibility index (Phi) is 4.90. The molecule has 3 rings (SSSR count). The number of nitrogens with one attached hydrogen (secondary N) is 1. The third-order valence-corrected chi connectivity index (χ3v) is 4.57. The molecule has 0 saturated carbocycles. The number of nitrogens with zero attached hydrogens (tertiary/aromatic N) is 1. The second-order valence-electron chi connectivity index (χ2n) is 6.29. The van der Waals surface area contributed by atoms with Crippen molar-refractivity contribution >= 4 is 5.91 Å². The smallest absolute Gasteiger partial charge is 0.246 e. The third kappa shape index (κ3) is 3.76. The first-order valence-corrected chi connectivity index (χ1v) is 8.15. The van der Waals surface area contributed by atoms with Crippen LogP contribution in [0.15, 0.2) is 42.0 Å². The van der Waals surface area contributed by atoms with Crippen molar-refractivity contribution in [3.63, 3.8) is 0 Å². The van der Waals surface area contributed by atoms with Gasteiger partial charge in [0.05, 0.1) is 6.10 Å². The van der Waals surface area contributed by atoms with Gasteiger partial charge in [0.1, 0.15) is 0 Å². The van der Waals surface area contributed by atoms with Gasteiger partial charge in [-0.25, -0.2) is 0 Å². The monoisotopic (exact) mass is 300 g/mol. The summed E-state index contributed by atoms with van der Waals surface area (Å²) in [6.07, 6.45) is 5.48. The van der Waals surface area contributed by atoms with Gasteiger partial charge in [-0.1, -0.05) is 36.4 Å². The van der Waals surface area contributed by atoms with E-state index in [0.717, 1.165) is 37.8 Å². The lowest BCUT2D eigenvalue weighted by atomic mass is 10.1. The molecule has 0 aromatic heterocycles. The van der Waals surface area contributed by atoms with E-state index in [-0.39, 0.29) is 18.1 Å². The molecule has 1 fully saturated rings. The molecule has 1 amide bonds. The van der Waals surface area contributed by atoms with Crippen LogP contribution in [0.5, 0.6) is 0 Å². The van der Waals surface area contributed by atoms with Gasteiger partial charge in [0.15, 0.2) is 0 Å². The summed E-state index contributed by atoms with van der Waals surface area (Å²) in [7, 11) is 0. The second kappa shape index (κ2) is 7.07. The quantitative estimate of drug-likeness (QED) is 0.872. The fraction of sp³-hybridized carbons (Fsp3) is 0.500. The van der Waals surface area contributed by atoms with Crippen LogP contribution in [0.3, 0.4) is 0 Å². The van der Waals surface area contributed by atoms with Gasteiger partial charge >= 0.3 is 0 Å². The Morgan fingerprint density at radius 1 is 1.32 bits per heavy atom. The summed E-state index contributed by atoms with van der Waals surface area (Å²) >= 11 is 0. The van der Waals surface area contributed by atoms with Crippen LogP contribution in [0.1, 0.15) is 31.2 Å². The molecule has 1 aromatic carbocycles. The lowest BCUT2D eigenvalue weighted by molar-refractivity contribution is -0.117. The van der Waals surface area contributed by atoms with Crippen molar-refractivity contribution < 1.29 is 9.90 Å². The molecule has 1 aliphatic heterocycles. The van der Waals surface area contributed by atoms with Crippen molar-refractivity contribution in [2.24, 2.45) is 0 Å². The highest BCUT2D eigenvalue weighted by molar-refractivity contribution is 5.93. The van der Waals surface area contributed by atoms with Crippen LogP contribution in [0.4, 0.5) is 0 Å². The molecule has 0 spiro atoms. The number of amides is 1. The van der Waals surface area contributed by atoms with E-state index in [9.17, 15) is 9.90 Å². The minimum atomic E-state index is -0.295. The maximum atomic E-state index is 12.1. The molecular weight excluding hydrogens is 276 g/mol. The molecule has 1 aromatic rings. The number of rotatable bonds is 5. The number of hydrogen-bond acceptors (Lipinski definition) is 3. The van der Waals surface area contributed by atoms with Crippen molar-refractivity contribution in [2.45, 2.75) is 44.4 Å². The largest absolute Gasteiger partial charge is 0.392 e. The van der Waals surface area contributed by atoms with E-state index in [1.54, 1.807) is 0 Å². The zero-order chi connectivity index (χ0) is 15.4. The number of carbonyl (C=O) groups excluding carboxylic acids is 1. The lowest BCUT2D eigenvalue weighted by Gasteiger charge is -2.24. The van der Waals surface area contributed by atoms with Crippen LogP contribution in [-0.4, -0.2) is 41.1 Å². The molecule has 2 atom stereocenters. The van der Waals surface area contributed by atoms with Gasteiger partial charge in [-0.15, -0.1) is 0 Å². The molecule has 1 aliphatic carbocycles. The van der Waals surface area contributed by atoms with Crippen molar-refractivity contribution in [1.29, 1.82) is 0 Å². The third-order valence-electron chi connectivity index (χ3n) is 4.57. The molecule has 0 unspecified atom stereocenters. The topological polar surface area (TPSA) is 52.6 Å². The van der Waals surface area contributed by atoms with E-state index < -0.39 is 0 Å². The van der Waals surface area contributed by atoms with E-state index in [0.29, 0.717) is 13.1 Å². The lowest BCUT2D eigenvalue weighted by Crippen LogP contribution is -2.40. The molecule has 22 heavy (non-hydrogen) atoms. The summed E-state index contributed by atoms with van der Waals surface area (Å²) in [5, 5.41) is 13.0. The minimum Gasteiger partial charge on any atom is -0.392 e. The Bertz CT molecular complexity index is 541. The normalized spacial score (nSPS) is 25.2. The van der Waals surface area contributed by atoms with E-state index in [4.69, 9.17) is 0 Å². The van der Waals surface area contributed by atoms with Crippen LogP contribution in [-0.2, 0) is 11.3 Å². The number of aliphatic hydroxyl groups excluding tert-OH is 1. The second-order valence-corrected chi connectivity index (χ2v) is 6.29. The minimum absolute atomic E-state index is 0.0681. The summed E-state index contributed by atoms with van der Waals surface area (Å²) in [4.78, 5) is 14.4. The maximum Gasteiger partial charge on any atom is 0.246 e. The SMILES string of the molecule is O=C(NC[C@@H]1C[C@H](O)CN1Cc1ccccc1)C1=CCCC1. The zero-order valence-corrected chi connectivity index (χ0v) is 12.9. The fourth-order valence-electron chi connectivity index (χ4n) is 3.38. The summed E-state index contributed by atoms with van der Waals surface area (Å²) in [6.45, 7) is 2.11. The van der Waals surface area contributed by atoms with Gasteiger partial charge in [0, 0.05) is 31.2 Å². The molecule has 2 N–H and O–H groups in total. The van der Waals surface area contributed by atoms with Crippen molar-refractivity contribution in [3.8, 4) is 0 Å². The summed E-state index contributed by atoms with van der Waals surface area (Å²) in [5.74, 6) is 0.0681. The van der Waals surface area contributed by atoms with Crippen LogP contribution in [0, 0.1) is 0 Å². The van der Waals surface area contributed by atoms with Crippen molar-refractivity contribution in [1.82, 2.24) is 10.2 Å². The number of hydrogen-bond donors (Lipinski definition) is 2. The van der Waals surface area contributed by atoms with Gasteiger partial charge in [-0.2, -0.15) is 0 Å². The van der Waals surface area contributed by atoms with E-state index >= 15 is 0 Å². The molecule has 4 nitrogen and oxygen atoms in total. The highest BCUT2D eigenvalue weighted by Gasteiger charge is 2.31. The van der Waals surface area contributed by atoms with Gasteiger partial charge in [-0.3, -0.25) is 9.69 Å². The van der Waals surface area contributed by atoms with Crippen LogP contribution in [0.25, 0.3) is 0 Å². The summed E-state index contributed by atoms with van der Waals surface area (Å²) < 4.78 is 0. The zero-order valence-electron chi connectivity index (χ0n) is 12.9. The van der Waals surface area contributed by atoms with Crippen LogP contribution in [0.2, 0.25) is 0 Å². The molecule has 2 aliphatic rings. The Morgan fingerprint density at radius 3 is 2.86 bits per heavy atom. The highest BCUT2D eigenvalue weighted by Crippen LogP contribution is 2.21. The van der Waals surface area contributed by atoms with Gasteiger partial charge in [0.25, 0.3) is 0 Å².